The van der Waals surface area contributed by atoms with Gasteiger partial charge in [0.2, 0.25) is 0 Å². The molecule has 2 aromatic heterocycles. The third-order valence-corrected chi connectivity index (χ3v) is 4.00. The first kappa shape index (κ1) is 9.15. The lowest BCUT2D eigenvalue weighted by molar-refractivity contribution is 0.521. The van der Waals surface area contributed by atoms with Crippen molar-refractivity contribution in [2.75, 3.05) is 0 Å². The molecule has 1 aliphatic carbocycles. The number of hydrogen-bond acceptors (Lipinski definition) is 4. The Bertz CT molecular complexity index is 489. The maximum atomic E-state index is 4.51. The van der Waals surface area contributed by atoms with Gasteiger partial charge in [-0.15, -0.1) is 22.0 Å². The summed E-state index contributed by atoms with van der Waals surface area (Å²) < 4.78 is 1.81. The SMILES string of the molecule is Cc1nnc2ccc(SC3CCC3)nn12. The molecule has 2 aromatic rings. The van der Waals surface area contributed by atoms with Gasteiger partial charge in [-0.05, 0) is 31.9 Å². The van der Waals surface area contributed by atoms with E-state index in [1.54, 1.807) is 4.52 Å². The van der Waals surface area contributed by atoms with Crippen LogP contribution in [-0.2, 0) is 0 Å². The fourth-order valence-corrected chi connectivity index (χ4v) is 2.79. The Hall–Kier alpha value is -1.10. The number of aryl methyl sites for hydroxylation is 1. The van der Waals surface area contributed by atoms with Crippen molar-refractivity contribution in [3.63, 3.8) is 0 Å². The zero-order valence-electron chi connectivity index (χ0n) is 8.55. The Kier molecular flexibility index (Phi) is 2.12. The molecule has 0 saturated heterocycles. The predicted octanol–water partition coefficient (Wildman–Crippen LogP) is 2.08. The van der Waals surface area contributed by atoms with Crippen LogP contribution in [0, 0.1) is 6.92 Å². The highest BCUT2D eigenvalue weighted by molar-refractivity contribution is 7.99. The van der Waals surface area contributed by atoms with Crippen LogP contribution in [0.5, 0.6) is 0 Å². The Morgan fingerprint density at radius 2 is 2.20 bits per heavy atom. The molecule has 0 bridgehead atoms. The fourth-order valence-electron chi connectivity index (χ4n) is 1.60. The van der Waals surface area contributed by atoms with Crippen LogP contribution in [0.25, 0.3) is 5.65 Å². The van der Waals surface area contributed by atoms with Crippen molar-refractivity contribution in [3.8, 4) is 0 Å². The Morgan fingerprint density at radius 1 is 1.33 bits per heavy atom. The van der Waals surface area contributed by atoms with Gasteiger partial charge >= 0.3 is 0 Å². The van der Waals surface area contributed by atoms with E-state index in [1.165, 1.54) is 19.3 Å². The standard InChI is InChI=1S/C10H12N4S/c1-7-11-12-9-5-6-10(13-14(7)9)15-8-3-2-4-8/h5-6,8H,2-4H2,1H3. The summed E-state index contributed by atoms with van der Waals surface area (Å²) in [4.78, 5) is 0. The molecule has 0 N–H and O–H groups in total. The summed E-state index contributed by atoms with van der Waals surface area (Å²) in [7, 11) is 0. The van der Waals surface area contributed by atoms with Crippen molar-refractivity contribution in [1.82, 2.24) is 19.8 Å². The molecule has 0 aromatic carbocycles. The highest BCUT2D eigenvalue weighted by Gasteiger charge is 2.19. The minimum Gasteiger partial charge on any atom is -0.197 e. The third-order valence-electron chi connectivity index (χ3n) is 2.73. The van der Waals surface area contributed by atoms with E-state index < -0.39 is 0 Å². The van der Waals surface area contributed by atoms with Gasteiger partial charge in [0, 0.05) is 5.25 Å². The lowest BCUT2D eigenvalue weighted by Gasteiger charge is -2.23. The molecule has 5 heteroatoms. The van der Waals surface area contributed by atoms with Crippen molar-refractivity contribution >= 4 is 17.4 Å². The van der Waals surface area contributed by atoms with Crippen LogP contribution in [0.15, 0.2) is 17.2 Å². The minimum absolute atomic E-state index is 0.770. The number of rotatable bonds is 2. The summed E-state index contributed by atoms with van der Waals surface area (Å²) in [6.07, 6.45) is 4.02. The molecule has 0 radical (unpaired) electrons. The van der Waals surface area contributed by atoms with E-state index in [1.807, 2.05) is 30.8 Å². The van der Waals surface area contributed by atoms with E-state index in [-0.39, 0.29) is 0 Å². The molecular formula is C10H12N4S. The zero-order valence-corrected chi connectivity index (χ0v) is 9.37. The first-order valence-corrected chi connectivity index (χ1v) is 6.06. The average molecular weight is 220 g/mol. The van der Waals surface area contributed by atoms with Gasteiger partial charge < -0.3 is 0 Å². The molecule has 4 nitrogen and oxygen atoms in total. The van der Waals surface area contributed by atoms with E-state index in [0.29, 0.717) is 0 Å². The molecule has 0 amide bonds. The van der Waals surface area contributed by atoms with Gasteiger partial charge in [-0.25, -0.2) is 0 Å². The minimum atomic E-state index is 0.770. The van der Waals surface area contributed by atoms with Gasteiger partial charge in [0.15, 0.2) is 11.5 Å². The molecule has 1 aliphatic rings. The van der Waals surface area contributed by atoms with Crippen LogP contribution in [-0.4, -0.2) is 25.1 Å². The maximum absolute atomic E-state index is 4.51. The van der Waals surface area contributed by atoms with Crippen LogP contribution in [0.3, 0.4) is 0 Å². The van der Waals surface area contributed by atoms with E-state index in [0.717, 1.165) is 21.7 Å². The molecule has 15 heavy (non-hydrogen) atoms. The van der Waals surface area contributed by atoms with Crippen LogP contribution >= 0.6 is 11.8 Å². The van der Waals surface area contributed by atoms with Gasteiger partial charge in [-0.3, -0.25) is 0 Å². The molecule has 0 atom stereocenters. The van der Waals surface area contributed by atoms with E-state index in [9.17, 15) is 0 Å². The average Bonchev–Trinajstić information content (AvgIpc) is 2.55. The Labute approximate surface area is 92.1 Å². The molecule has 3 rings (SSSR count). The van der Waals surface area contributed by atoms with E-state index in [2.05, 4.69) is 15.3 Å². The molecule has 0 spiro atoms. The molecule has 78 valence electrons. The maximum Gasteiger partial charge on any atom is 0.177 e. The van der Waals surface area contributed by atoms with Crippen molar-refractivity contribution in [2.24, 2.45) is 0 Å². The van der Waals surface area contributed by atoms with Gasteiger partial charge in [0.25, 0.3) is 0 Å². The monoisotopic (exact) mass is 220 g/mol. The lowest BCUT2D eigenvalue weighted by atomic mass is 10.0. The number of fused-ring (bicyclic) bond motifs is 1. The van der Waals surface area contributed by atoms with Crippen molar-refractivity contribution in [2.45, 2.75) is 36.5 Å². The Balaban J connectivity index is 1.93. The normalized spacial score (nSPS) is 16.9. The second-order valence-electron chi connectivity index (χ2n) is 3.86. The summed E-state index contributed by atoms with van der Waals surface area (Å²) in [5, 5.41) is 14.4. The summed E-state index contributed by atoms with van der Waals surface area (Å²) in [6, 6.07) is 4.01. The molecule has 2 heterocycles. The number of aromatic nitrogens is 4. The smallest absolute Gasteiger partial charge is 0.177 e. The molecule has 0 aliphatic heterocycles. The Morgan fingerprint density at radius 3 is 2.93 bits per heavy atom. The highest BCUT2D eigenvalue weighted by atomic mass is 32.2. The van der Waals surface area contributed by atoms with Gasteiger partial charge in [0.1, 0.15) is 5.03 Å². The summed E-state index contributed by atoms with van der Waals surface area (Å²) in [6.45, 7) is 1.92. The number of thioether (sulfide) groups is 1. The van der Waals surface area contributed by atoms with Crippen LogP contribution in [0.1, 0.15) is 25.1 Å². The highest BCUT2D eigenvalue weighted by Crippen LogP contribution is 2.35. The number of hydrogen-bond donors (Lipinski definition) is 0. The van der Waals surface area contributed by atoms with E-state index in [4.69, 9.17) is 0 Å². The zero-order chi connectivity index (χ0) is 10.3. The molecule has 0 unspecified atom stereocenters. The number of nitrogens with zero attached hydrogens (tertiary/aromatic N) is 4. The lowest BCUT2D eigenvalue weighted by Crippen LogP contribution is -2.13. The quantitative estimate of drug-likeness (QED) is 0.777. The first-order valence-electron chi connectivity index (χ1n) is 5.19. The molecule has 1 fully saturated rings. The van der Waals surface area contributed by atoms with Gasteiger partial charge in [-0.1, -0.05) is 6.42 Å². The third kappa shape index (κ3) is 1.61. The van der Waals surface area contributed by atoms with Gasteiger partial charge in [-0.2, -0.15) is 9.61 Å². The van der Waals surface area contributed by atoms with Crippen LogP contribution in [0.4, 0.5) is 0 Å². The fraction of sp³-hybridized carbons (Fsp3) is 0.500. The molecular weight excluding hydrogens is 208 g/mol. The van der Waals surface area contributed by atoms with Gasteiger partial charge in [0.05, 0.1) is 0 Å². The van der Waals surface area contributed by atoms with Crippen molar-refractivity contribution in [1.29, 1.82) is 0 Å². The van der Waals surface area contributed by atoms with Crippen LogP contribution < -0.4 is 0 Å². The van der Waals surface area contributed by atoms with Crippen LogP contribution in [0.2, 0.25) is 0 Å². The largest absolute Gasteiger partial charge is 0.197 e. The predicted molar refractivity (Wildman–Crippen MR) is 59.0 cm³/mol. The first-order chi connectivity index (χ1) is 7.33. The van der Waals surface area contributed by atoms with E-state index >= 15 is 0 Å². The molecule has 1 saturated carbocycles. The topological polar surface area (TPSA) is 43.1 Å². The summed E-state index contributed by atoms with van der Waals surface area (Å²) in [5.74, 6) is 0.848. The van der Waals surface area contributed by atoms with Crippen molar-refractivity contribution < 1.29 is 0 Å². The van der Waals surface area contributed by atoms with Crippen molar-refractivity contribution in [3.05, 3.63) is 18.0 Å². The summed E-state index contributed by atoms with van der Waals surface area (Å²) >= 11 is 1.87. The summed E-state index contributed by atoms with van der Waals surface area (Å²) in [5.41, 5.74) is 0.824. The second kappa shape index (κ2) is 3.48. The second-order valence-corrected chi connectivity index (χ2v) is 5.18.